The second-order valence-electron chi connectivity index (χ2n) is 7.34. The number of anilines is 1. The summed E-state index contributed by atoms with van der Waals surface area (Å²) in [5.41, 5.74) is 4.87. The molecule has 1 nitrogen and oxygen atoms in total. The minimum absolute atomic E-state index is 0.390. The molecule has 132 valence electrons. The third-order valence-corrected chi connectivity index (χ3v) is 5.70. The molecule has 0 spiro atoms. The van der Waals surface area contributed by atoms with E-state index in [4.69, 9.17) is 0 Å². The fraction of sp³-hybridized carbons (Fsp3) is 0.565. The van der Waals surface area contributed by atoms with Gasteiger partial charge in [0.25, 0.3) is 0 Å². The highest BCUT2D eigenvalue weighted by atomic mass is 14.8. The highest BCUT2D eigenvalue weighted by Gasteiger charge is 2.42. The van der Waals surface area contributed by atoms with Crippen LogP contribution in [0.15, 0.2) is 43.0 Å². The van der Waals surface area contributed by atoms with E-state index in [2.05, 4.69) is 56.1 Å². The Balaban J connectivity index is 2.39. The molecular weight excluding hydrogens is 290 g/mol. The number of fused-ring (bicyclic) bond motifs is 1. The van der Waals surface area contributed by atoms with Crippen molar-refractivity contribution in [1.82, 2.24) is 0 Å². The lowest BCUT2D eigenvalue weighted by molar-refractivity contribution is 0.324. The maximum absolute atomic E-state index is 3.81. The molecule has 1 atom stereocenters. The van der Waals surface area contributed by atoms with Crippen molar-refractivity contribution in [2.45, 2.75) is 76.5 Å². The van der Waals surface area contributed by atoms with Crippen molar-refractivity contribution in [3.8, 4) is 0 Å². The molecule has 0 aromatic heterocycles. The second-order valence-corrected chi connectivity index (χ2v) is 7.34. The molecule has 0 heterocycles. The molecule has 0 fully saturated rings. The molecule has 0 bridgehead atoms. The predicted molar refractivity (Wildman–Crippen MR) is 108 cm³/mol. The molecule has 0 aliphatic heterocycles. The topological polar surface area (TPSA) is 12.0 Å². The van der Waals surface area contributed by atoms with E-state index in [1.54, 1.807) is 11.1 Å². The Kier molecular flexibility index (Phi) is 7.15. The zero-order valence-electron chi connectivity index (χ0n) is 15.9. The van der Waals surface area contributed by atoms with Crippen molar-refractivity contribution in [3.63, 3.8) is 0 Å². The SMILES string of the molecule is C=C/C=C\CC1CC(CCCC)(CCCC)c2cc(NC)ccc21. The minimum atomic E-state index is 0.390. The first kappa shape index (κ1) is 18.8. The number of nitrogens with one attached hydrogen (secondary N) is 1. The lowest BCUT2D eigenvalue weighted by atomic mass is 9.73. The second kappa shape index (κ2) is 9.11. The van der Waals surface area contributed by atoms with Crippen LogP contribution in [0.2, 0.25) is 0 Å². The Morgan fingerprint density at radius 1 is 1.21 bits per heavy atom. The van der Waals surface area contributed by atoms with E-state index in [1.807, 2.05) is 13.1 Å². The van der Waals surface area contributed by atoms with Crippen LogP contribution in [0.5, 0.6) is 0 Å². The summed E-state index contributed by atoms with van der Waals surface area (Å²) in [6.45, 7) is 8.44. The fourth-order valence-electron chi connectivity index (χ4n) is 4.40. The predicted octanol–water partition coefficient (Wildman–Crippen LogP) is 6.97. The van der Waals surface area contributed by atoms with Gasteiger partial charge in [-0.2, -0.15) is 0 Å². The van der Waals surface area contributed by atoms with Crippen LogP contribution in [0.4, 0.5) is 5.69 Å². The number of unbranched alkanes of at least 4 members (excludes halogenated alkanes) is 2. The van der Waals surface area contributed by atoms with Gasteiger partial charge in [-0.25, -0.2) is 0 Å². The monoisotopic (exact) mass is 325 g/mol. The molecule has 2 rings (SSSR count). The summed E-state index contributed by atoms with van der Waals surface area (Å²) in [4.78, 5) is 0. The maximum Gasteiger partial charge on any atom is 0.0340 e. The van der Waals surface area contributed by atoms with E-state index in [0.29, 0.717) is 11.3 Å². The number of rotatable bonds is 10. The fourth-order valence-corrected chi connectivity index (χ4v) is 4.40. The minimum Gasteiger partial charge on any atom is -0.388 e. The molecule has 0 saturated carbocycles. The van der Waals surface area contributed by atoms with Crippen LogP contribution in [-0.4, -0.2) is 7.05 Å². The number of allylic oxidation sites excluding steroid dienone is 3. The summed E-state index contributed by atoms with van der Waals surface area (Å²) in [6, 6.07) is 7.07. The summed E-state index contributed by atoms with van der Waals surface area (Å²) >= 11 is 0. The smallest absolute Gasteiger partial charge is 0.0340 e. The molecule has 1 N–H and O–H groups in total. The van der Waals surface area contributed by atoms with Crippen LogP contribution >= 0.6 is 0 Å². The molecular formula is C23H35N. The highest BCUT2D eigenvalue weighted by Crippen LogP contribution is 2.53. The van der Waals surface area contributed by atoms with Crippen molar-refractivity contribution in [3.05, 3.63) is 54.1 Å². The first-order valence-electron chi connectivity index (χ1n) is 9.80. The molecule has 1 aliphatic rings. The average Bonchev–Trinajstić information content (AvgIpc) is 2.92. The summed E-state index contributed by atoms with van der Waals surface area (Å²) in [7, 11) is 2.03. The van der Waals surface area contributed by atoms with E-state index in [1.165, 1.54) is 50.6 Å². The third-order valence-electron chi connectivity index (χ3n) is 5.70. The van der Waals surface area contributed by atoms with Crippen molar-refractivity contribution < 1.29 is 0 Å². The van der Waals surface area contributed by atoms with Crippen molar-refractivity contribution in [1.29, 1.82) is 0 Å². The molecule has 1 unspecified atom stereocenters. The van der Waals surface area contributed by atoms with E-state index < -0.39 is 0 Å². The van der Waals surface area contributed by atoms with Crippen molar-refractivity contribution in [2.75, 3.05) is 12.4 Å². The summed E-state index contributed by atoms with van der Waals surface area (Å²) < 4.78 is 0. The molecule has 0 saturated heterocycles. The van der Waals surface area contributed by atoms with E-state index >= 15 is 0 Å². The first-order chi connectivity index (χ1) is 11.7. The zero-order chi connectivity index (χ0) is 17.4. The molecule has 1 aliphatic carbocycles. The lowest BCUT2D eigenvalue weighted by Crippen LogP contribution is -2.23. The Labute approximate surface area is 149 Å². The van der Waals surface area contributed by atoms with Crippen LogP contribution in [-0.2, 0) is 5.41 Å². The van der Waals surface area contributed by atoms with Gasteiger partial charge in [-0.3, -0.25) is 0 Å². The highest BCUT2D eigenvalue weighted by molar-refractivity contribution is 5.54. The Hall–Kier alpha value is -1.50. The van der Waals surface area contributed by atoms with E-state index in [-0.39, 0.29) is 0 Å². The number of benzene rings is 1. The first-order valence-corrected chi connectivity index (χ1v) is 9.80. The number of hydrogen-bond donors (Lipinski definition) is 1. The lowest BCUT2D eigenvalue weighted by Gasteiger charge is -2.31. The van der Waals surface area contributed by atoms with Gasteiger partial charge in [0.15, 0.2) is 0 Å². The van der Waals surface area contributed by atoms with Gasteiger partial charge in [0.05, 0.1) is 0 Å². The van der Waals surface area contributed by atoms with Crippen LogP contribution in [0.25, 0.3) is 0 Å². The van der Waals surface area contributed by atoms with Gasteiger partial charge in [0, 0.05) is 12.7 Å². The largest absolute Gasteiger partial charge is 0.388 e. The van der Waals surface area contributed by atoms with Gasteiger partial charge in [-0.05, 0) is 60.3 Å². The van der Waals surface area contributed by atoms with Crippen LogP contribution in [0.3, 0.4) is 0 Å². The Morgan fingerprint density at radius 2 is 1.92 bits per heavy atom. The Morgan fingerprint density at radius 3 is 2.50 bits per heavy atom. The van der Waals surface area contributed by atoms with Crippen LogP contribution < -0.4 is 5.32 Å². The normalized spacial score (nSPS) is 18.7. The average molecular weight is 326 g/mol. The maximum atomic E-state index is 3.81. The molecule has 0 radical (unpaired) electrons. The van der Waals surface area contributed by atoms with E-state index in [0.717, 1.165) is 6.42 Å². The van der Waals surface area contributed by atoms with E-state index in [9.17, 15) is 0 Å². The van der Waals surface area contributed by atoms with Gasteiger partial charge in [0.1, 0.15) is 0 Å². The van der Waals surface area contributed by atoms with Gasteiger partial charge >= 0.3 is 0 Å². The van der Waals surface area contributed by atoms with Crippen LogP contribution in [0, 0.1) is 0 Å². The molecule has 1 aromatic rings. The third kappa shape index (κ3) is 4.12. The standard InChI is InChI=1S/C23H35N/c1-5-8-11-12-19-18-23(15-9-6-2,16-10-7-3)22-17-20(24-4)13-14-21(19)22/h5,8,11,13-14,17,19,24H,1,6-7,9-10,12,15-16,18H2,2-4H3/b11-8-. The van der Waals surface area contributed by atoms with Gasteiger partial charge in [0.2, 0.25) is 0 Å². The van der Waals surface area contributed by atoms with Gasteiger partial charge in [-0.15, -0.1) is 0 Å². The summed E-state index contributed by atoms with van der Waals surface area (Å²) in [6.07, 6.45) is 16.7. The van der Waals surface area contributed by atoms with Crippen LogP contribution in [0.1, 0.15) is 82.3 Å². The molecule has 24 heavy (non-hydrogen) atoms. The Bertz CT molecular complexity index is 547. The van der Waals surface area contributed by atoms with Gasteiger partial charge < -0.3 is 5.32 Å². The zero-order valence-corrected chi connectivity index (χ0v) is 15.9. The molecule has 1 heteroatoms. The molecule has 1 aromatic carbocycles. The number of hydrogen-bond acceptors (Lipinski definition) is 1. The quantitative estimate of drug-likeness (QED) is 0.458. The molecule has 0 amide bonds. The van der Waals surface area contributed by atoms with Crippen molar-refractivity contribution >= 4 is 5.69 Å². The summed E-state index contributed by atoms with van der Waals surface area (Å²) in [5, 5.41) is 3.35. The summed E-state index contributed by atoms with van der Waals surface area (Å²) in [5.74, 6) is 0.663. The van der Waals surface area contributed by atoms with Gasteiger partial charge in [-0.1, -0.05) is 70.4 Å². The van der Waals surface area contributed by atoms with Crippen molar-refractivity contribution in [2.24, 2.45) is 0 Å².